The third-order valence-electron chi connectivity index (χ3n) is 3.99. The summed E-state index contributed by atoms with van der Waals surface area (Å²) in [7, 11) is 0. The van der Waals surface area contributed by atoms with Gasteiger partial charge in [0.25, 0.3) is 5.56 Å². The molecule has 0 radical (unpaired) electrons. The molecule has 1 aliphatic heterocycles. The van der Waals surface area contributed by atoms with E-state index < -0.39 is 0 Å². The second-order valence-corrected chi connectivity index (χ2v) is 7.03. The van der Waals surface area contributed by atoms with Gasteiger partial charge in [-0.3, -0.25) is 23.9 Å². The Labute approximate surface area is 143 Å². The molecule has 1 aliphatic rings. The van der Waals surface area contributed by atoms with Crippen molar-refractivity contribution < 1.29 is 9.59 Å². The van der Waals surface area contributed by atoms with Gasteiger partial charge in [-0.2, -0.15) is 0 Å². The predicted octanol–water partition coefficient (Wildman–Crippen LogP) is 2.22. The van der Waals surface area contributed by atoms with Gasteiger partial charge < -0.3 is 0 Å². The Morgan fingerprint density at radius 2 is 1.79 bits per heavy atom. The molecule has 7 heteroatoms. The van der Waals surface area contributed by atoms with Crippen molar-refractivity contribution in [3.8, 4) is 0 Å². The summed E-state index contributed by atoms with van der Waals surface area (Å²) >= 11 is 1.40. The predicted molar refractivity (Wildman–Crippen MR) is 93.1 cm³/mol. The van der Waals surface area contributed by atoms with Crippen LogP contribution in [0.2, 0.25) is 0 Å². The van der Waals surface area contributed by atoms with Crippen LogP contribution >= 0.6 is 11.8 Å². The number of carbonyl (C=O) groups excluding carboxylic acids is 2. The molecular weight excluding hydrogens is 326 g/mol. The molecule has 1 aromatic carbocycles. The van der Waals surface area contributed by atoms with Crippen molar-refractivity contribution in [2.45, 2.75) is 37.9 Å². The minimum absolute atomic E-state index is 0.0212. The number of benzene rings is 1. The lowest BCUT2D eigenvalue weighted by Gasteiger charge is -2.17. The summed E-state index contributed by atoms with van der Waals surface area (Å²) in [6.45, 7) is 4.23. The van der Waals surface area contributed by atoms with Crippen molar-refractivity contribution in [3.05, 3.63) is 34.6 Å². The van der Waals surface area contributed by atoms with Crippen LogP contribution in [0.15, 0.2) is 34.2 Å². The van der Waals surface area contributed by atoms with Crippen LogP contribution in [0.25, 0.3) is 10.9 Å². The Morgan fingerprint density at radius 3 is 2.46 bits per heavy atom. The zero-order chi connectivity index (χ0) is 17.3. The van der Waals surface area contributed by atoms with Gasteiger partial charge in [0.1, 0.15) is 0 Å². The van der Waals surface area contributed by atoms with E-state index in [1.54, 1.807) is 10.6 Å². The highest BCUT2D eigenvalue weighted by Gasteiger charge is 2.28. The number of nitrogens with zero attached hydrogens (tertiary/aromatic N) is 3. The Kier molecular flexibility index (Phi) is 4.71. The molecule has 0 unspecified atom stereocenters. The average molecular weight is 345 g/mol. The fourth-order valence-electron chi connectivity index (χ4n) is 2.78. The SMILES string of the molecule is CC(C)n1c(SCCN2C(=O)CCC2=O)nc2ccccc2c1=O. The summed E-state index contributed by atoms with van der Waals surface area (Å²) in [5.74, 6) is 0.288. The first-order valence-corrected chi connectivity index (χ1v) is 8.95. The van der Waals surface area contributed by atoms with E-state index in [2.05, 4.69) is 4.98 Å². The topological polar surface area (TPSA) is 72.3 Å². The molecule has 0 bridgehead atoms. The number of thioether (sulfide) groups is 1. The van der Waals surface area contributed by atoms with E-state index in [0.29, 0.717) is 41.2 Å². The molecule has 1 aromatic heterocycles. The molecule has 126 valence electrons. The summed E-state index contributed by atoms with van der Waals surface area (Å²) < 4.78 is 1.67. The van der Waals surface area contributed by atoms with Gasteiger partial charge in [0.15, 0.2) is 5.16 Å². The Balaban J connectivity index is 1.85. The van der Waals surface area contributed by atoms with Gasteiger partial charge in [-0.25, -0.2) is 4.98 Å². The molecule has 3 rings (SSSR count). The highest BCUT2D eigenvalue weighted by molar-refractivity contribution is 7.99. The number of imide groups is 1. The lowest BCUT2D eigenvalue weighted by atomic mass is 10.2. The number of aromatic nitrogens is 2. The maximum atomic E-state index is 12.7. The zero-order valence-electron chi connectivity index (χ0n) is 13.7. The van der Waals surface area contributed by atoms with Crippen LogP contribution in [-0.4, -0.2) is 38.6 Å². The first-order chi connectivity index (χ1) is 11.5. The molecule has 24 heavy (non-hydrogen) atoms. The highest BCUT2D eigenvalue weighted by atomic mass is 32.2. The van der Waals surface area contributed by atoms with Crippen LogP contribution in [0.1, 0.15) is 32.7 Å². The second-order valence-electron chi connectivity index (χ2n) is 5.97. The largest absolute Gasteiger partial charge is 0.285 e. The van der Waals surface area contributed by atoms with Crippen LogP contribution in [0.3, 0.4) is 0 Å². The number of fused-ring (bicyclic) bond motifs is 1. The van der Waals surface area contributed by atoms with E-state index in [9.17, 15) is 14.4 Å². The molecular formula is C17H19N3O3S. The molecule has 2 aromatic rings. The second kappa shape index (κ2) is 6.76. The quantitative estimate of drug-likeness (QED) is 0.472. The third-order valence-corrected chi connectivity index (χ3v) is 4.93. The smallest absolute Gasteiger partial charge is 0.262 e. The van der Waals surface area contributed by atoms with Gasteiger partial charge in [0, 0.05) is 31.2 Å². The fraction of sp³-hybridized carbons (Fsp3) is 0.412. The maximum absolute atomic E-state index is 12.7. The van der Waals surface area contributed by atoms with E-state index in [0.717, 1.165) is 0 Å². The van der Waals surface area contributed by atoms with Crippen LogP contribution in [-0.2, 0) is 9.59 Å². The number of rotatable bonds is 5. The van der Waals surface area contributed by atoms with Crippen LogP contribution in [0, 0.1) is 0 Å². The monoisotopic (exact) mass is 345 g/mol. The molecule has 0 N–H and O–H groups in total. The van der Waals surface area contributed by atoms with E-state index in [-0.39, 0.29) is 23.4 Å². The Hall–Kier alpha value is -2.15. The molecule has 1 fully saturated rings. The molecule has 2 heterocycles. The molecule has 0 spiro atoms. The molecule has 0 aliphatic carbocycles. The zero-order valence-corrected chi connectivity index (χ0v) is 14.5. The van der Waals surface area contributed by atoms with Crippen molar-refractivity contribution in [2.75, 3.05) is 12.3 Å². The minimum Gasteiger partial charge on any atom is -0.285 e. The van der Waals surface area contributed by atoms with Gasteiger partial charge in [0.05, 0.1) is 10.9 Å². The lowest BCUT2D eigenvalue weighted by molar-refractivity contribution is -0.137. The Bertz CT molecular complexity index is 844. The number of carbonyl (C=O) groups is 2. The summed E-state index contributed by atoms with van der Waals surface area (Å²) in [6, 6.07) is 7.25. The van der Waals surface area contributed by atoms with Gasteiger partial charge in [-0.05, 0) is 26.0 Å². The van der Waals surface area contributed by atoms with Crippen LogP contribution in [0.5, 0.6) is 0 Å². The summed E-state index contributed by atoms with van der Waals surface area (Å²) in [4.78, 5) is 41.9. The maximum Gasteiger partial charge on any atom is 0.262 e. The lowest BCUT2D eigenvalue weighted by Crippen LogP contribution is -2.31. The molecule has 1 saturated heterocycles. The van der Waals surface area contributed by atoms with Crippen molar-refractivity contribution in [1.29, 1.82) is 0 Å². The molecule has 6 nitrogen and oxygen atoms in total. The molecule has 0 saturated carbocycles. The average Bonchev–Trinajstić information content (AvgIpc) is 2.86. The summed E-state index contributed by atoms with van der Waals surface area (Å²) in [6.07, 6.45) is 0.600. The van der Waals surface area contributed by atoms with E-state index in [1.807, 2.05) is 32.0 Å². The normalized spacial score (nSPS) is 15.0. The number of likely N-dealkylation sites (tertiary alicyclic amines) is 1. The third kappa shape index (κ3) is 3.08. The first-order valence-electron chi connectivity index (χ1n) is 7.96. The van der Waals surface area contributed by atoms with E-state index >= 15 is 0 Å². The van der Waals surface area contributed by atoms with Crippen molar-refractivity contribution >= 4 is 34.5 Å². The highest BCUT2D eigenvalue weighted by Crippen LogP contribution is 2.22. The van der Waals surface area contributed by atoms with Crippen molar-refractivity contribution in [1.82, 2.24) is 14.5 Å². The minimum atomic E-state index is -0.117. The fourth-order valence-corrected chi connectivity index (χ4v) is 3.84. The van der Waals surface area contributed by atoms with Crippen molar-refractivity contribution in [3.63, 3.8) is 0 Å². The van der Waals surface area contributed by atoms with Gasteiger partial charge in [-0.1, -0.05) is 23.9 Å². The van der Waals surface area contributed by atoms with Crippen molar-refractivity contribution in [2.24, 2.45) is 0 Å². The van der Waals surface area contributed by atoms with Gasteiger partial charge >= 0.3 is 0 Å². The number of para-hydroxylation sites is 1. The number of hydrogen-bond donors (Lipinski definition) is 0. The van der Waals surface area contributed by atoms with Crippen LogP contribution in [0.4, 0.5) is 0 Å². The standard InChI is InChI=1S/C17H19N3O3S/c1-11(2)20-16(23)12-5-3-4-6-13(12)18-17(20)24-10-9-19-14(21)7-8-15(19)22/h3-6,11H,7-10H2,1-2H3. The number of hydrogen-bond acceptors (Lipinski definition) is 5. The Morgan fingerprint density at radius 1 is 1.12 bits per heavy atom. The van der Waals surface area contributed by atoms with E-state index in [1.165, 1.54) is 16.7 Å². The van der Waals surface area contributed by atoms with Gasteiger partial charge in [0.2, 0.25) is 11.8 Å². The first kappa shape index (κ1) is 16.7. The molecule has 2 amide bonds. The van der Waals surface area contributed by atoms with Gasteiger partial charge in [-0.15, -0.1) is 0 Å². The summed E-state index contributed by atoms with van der Waals surface area (Å²) in [5.41, 5.74) is 0.599. The molecule has 0 atom stereocenters. The van der Waals surface area contributed by atoms with Crippen LogP contribution < -0.4 is 5.56 Å². The number of amides is 2. The summed E-state index contributed by atoms with van der Waals surface area (Å²) in [5, 5.41) is 1.22. The van der Waals surface area contributed by atoms with E-state index in [4.69, 9.17) is 0 Å².